The van der Waals surface area contributed by atoms with Crippen LogP contribution in [0.4, 0.5) is 5.82 Å². The zero-order valence-electron chi connectivity index (χ0n) is 10.4. The molecule has 1 aromatic rings. The van der Waals surface area contributed by atoms with E-state index < -0.39 is 0 Å². The number of hydrogen-bond donors (Lipinski definition) is 1. The molecular weight excluding hydrogens is 214 g/mol. The molecule has 2 atom stereocenters. The van der Waals surface area contributed by atoms with E-state index in [4.69, 9.17) is 4.74 Å². The molecule has 2 unspecified atom stereocenters. The van der Waals surface area contributed by atoms with E-state index in [9.17, 15) is 0 Å². The van der Waals surface area contributed by atoms with Crippen molar-refractivity contribution in [3.63, 3.8) is 0 Å². The minimum Gasteiger partial charge on any atom is -0.476 e. The van der Waals surface area contributed by atoms with Gasteiger partial charge in [-0.05, 0) is 24.7 Å². The summed E-state index contributed by atoms with van der Waals surface area (Å²) < 4.78 is 5.71. The van der Waals surface area contributed by atoms with Gasteiger partial charge in [0.25, 0.3) is 0 Å². The van der Waals surface area contributed by atoms with E-state index in [2.05, 4.69) is 34.4 Å². The number of rotatable bonds is 4. The summed E-state index contributed by atoms with van der Waals surface area (Å²) in [6.07, 6.45) is 10.1. The molecule has 0 aromatic carbocycles. The first-order chi connectivity index (χ1) is 8.29. The van der Waals surface area contributed by atoms with Crippen LogP contribution in [0.5, 0.6) is 5.88 Å². The molecule has 4 heteroatoms. The first-order valence-electron chi connectivity index (χ1n) is 6.07. The number of hydrogen-bond acceptors (Lipinski definition) is 4. The molecular formula is C13H19N3O. The quantitative estimate of drug-likeness (QED) is 0.812. The highest BCUT2D eigenvalue weighted by Gasteiger charge is 2.19. The Kier molecular flexibility index (Phi) is 3.96. The molecule has 0 radical (unpaired) electrons. The fourth-order valence-corrected chi connectivity index (χ4v) is 1.97. The van der Waals surface area contributed by atoms with Crippen molar-refractivity contribution in [2.24, 2.45) is 11.8 Å². The van der Waals surface area contributed by atoms with Crippen LogP contribution in [-0.2, 0) is 0 Å². The van der Waals surface area contributed by atoms with Crippen molar-refractivity contribution < 1.29 is 4.74 Å². The minimum atomic E-state index is 0.583. The summed E-state index contributed by atoms with van der Waals surface area (Å²) in [5.74, 6) is 2.60. The van der Waals surface area contributed by atoms with Gasteiger partial charge in [0, 0.05) is 7.05 Å². The highest BCUT2D eigenvalue weighted by molar-refractivity contribution is 5.31. The van der Waals surface area contributed by atoms with Crippen molar-refractivity contribution >= 4 is 5.82 Å². The molecule has 2 rings (SSSR count). The second kappa shape index (κ2) is 5.66. The molecule has 1 heterocycles. The van der Waals surface area contributed by atoms with Gasteiger partial charge in [0.15, 0.2) is 0 Å². The Balaban J connectivity index is 1.90. The number of nitrogens with one attached hydrogen (secondary N) is 1. The van der Waals surface area contributed by atoms with Crippen LogP contribution in [0.1, 0.15) is 19.8 Å². The lowest BCUT2D eigenvalue weighted by Gasteiger charge is -2.24. The first kappa shape index (κ1) is 11.9. The number of nitrogens with zero attached hydrogens (tertiary/aromatic N) is 2. The second-order valence-electron chi connectivity index (χ2n) is 4.48. The lowest BCUT2D eigenvalue weighted by molar-refractivity contribution is 0.192. The van der Waals surface area contributed by atoms with Crippen molar-refractivity contribution in [1.29, 1.82) is 0 Å². The van der Waals surface area contributed by atoms with Crippen molar-refractivity contribution in [3.8, 4) is 5.88 Å². The monoisotopic (exact) mass is 233 g/mol. The molecule has 0 spiro atoms. The van der Waals surface area contributed by atoms with E-state index in [0.717, 1.165) is 18.7 Å². The van der Waals surface area contributed by atoms with Gasteiger partial charge in [0.2, 0.25) is 5.88 Å². The van der Waals surface area contributed by atoms with Crippen LogP contribution in [0, 0.1) is 11.8 Å². The standard InChI is InChI=1S/C13H19N3O/c1-10-5-3-4-6-11(10)9-17-13-8-15-7-12(14-2)16-13/h3-4,7-8,10-11H,5-6,9H2,1-2H3,(H,14,16). The average molecular weight is 233 g/mol. The molecule has 0 saturated carbocycles. The van der Waals surface area contributed by atoms with Crippen LogP contribution in [0.25, 0.3) is 0 Å². The summed E-state index contributed by atoms with van der Waals surface area (Å²) >= 11 is 0. The van der Waals surface area contributed by atoms with Crippen molar-refractivity contribution in [3.05, 3.63) is 24.5 Å². The van der Waals surface area contributed by atoms with Crippen LogP contribution in [0.15, 0.2) is 24.5 Å². The van der Waals surface area contributed by atoms with Gasteiger partial charge < -0.3 is 10.1 Å². The van der Waals surface area contributed by atoms with E-state index >= 15 is 0 Å². The normalized spacial score (nSPS) is 23.4. The van der Waals surface area contributed by atoms with E-state index in [1.165, 1.54) is 0 Å². The molecule has 1 aromatic heterocycles. The molecule has 0 aliphatic heterocycles. The molecule has 0 fully saturated rings. The van der Waals surface area contributed by atoms with E-state index in [1.54, 1.807) is 12.4 Å². The lowest BCUT2D eigenvalue weighted by Crippen LogP contribution is -2.21. The summed E-state index contributed by atoms with van der Waals surface area (Å²) in [6.45, 7) is 2.99. The maximum atomic E-state index is 5.71. The van der Waals surface area contributed by atoms with E-state index in [0.29, 0.717) is 24.3 Å². The molecule has 0 saturated heterocycles. The lowest BCUT2D eigenvalue weighted by atomic mass is 9.85. The topological polar surface area (TPSA) is 47.0 Å². The second-order valence-corrected chi connectivity index (χ2v) is 4.48. The average Bonchev–Trinajstić information content (AvgIpc) is 2.38. The Hall–Kier alpha value is -1.58. The van der Waals surface area contributed by atoms with Crippen molar-refractivity contribution in [2.45, 2.75) is 19.8 Å². The minimum absolute atomic E-state index is 0.583. The fourth-order valence-electron chi connectivity index (χ4n) is 1.97. The predicted molar refractivity (Wildman–Crippen MR) is 68.1 cm³/mol. The van der Waals surface area contributed by atoms with Crippen LogP contribution >= 0.6 is 0 Å². The van der Waals surface area contributed by atoms with Crippen LogP contribution in [0.2, 0.25) is 0 Å². The summed E-state index contributed by atoms with van der Waals surface area (Å²) in [5.41, 5.74) is 0. The zero-order chi connectivity index (χ0) is 12.1. The summed E-state index contributed by atoms with van der Waals surface area (Å²) in [5, 5.41) is 2.95. The third kappa shape index (κ3) is 3.19. The smallest absolute Gasteiger partial charge is 0.234 e. The summed E-state index contributed by atoms with van der Waals surface area (Å²) in [7, 11) is 1.82. The largest absolute Gasteiger partial charge is 0.476 e. The molecule has 0 amide bonds. The molecule has 1 aliphatic carbocycles. The van der Waals surface area contributed by atoms with Gasteiger partial charge in [-0.2, -0.15) is 4.98 Å². The number of aromatic nitrogens is 2. The van der Waals surface area contributed by atoms with Gasteiger partial charge in [0.05, 0.1) is 19.0 Å². The van der Waals surface area contributed by atoms with Crippen LogP contribution < -0.4 is 10.1 Å². The Morgan fingerprint density at radius 3 is 2.94 bits per heavy atom. The SMILES string of the molecule is CNc1cncc(OCC2CC=CCC2C)n1. The highest BCUT2D eigenvalue weighted by atomic mass is 16.5. The van der Waals surface area contributed by atoms with Crippen molar-refractivity contribution in [1.82, 2.24) is 9.97 Å². The van der Waals surface area contributed by atoms with Gasteiger partial charge in [-0.3, -0.25) is 4.98 Å². The Morgan fingerprint density at radius 2 is 2.18 bits per heavy atom. The van der Waals surface area contributed by atoms with E-state index in [1.807, 2.05) is 7.05 Å². The fraction of sp³-hybridized carbons (Fsp3) is 0.538. The van der Waals surface area contributed by atoms with Gasteiger partial charge in [-0.1, -0.05) is 19.1 Å². The van der Waals surface area contributed by atoms with Crippen LogP contribution in [0.3, 0.4) is 0 Å². The molecule has 4 nitrogen and oxygen atoms in total. The number of allylic oxidation sites excluding steroid dienone is 2. The number of anilines is 1. The maximum absolute atomic E-state index is 5.71. The van der Waals surface area contributed by atoms with Crippen LogP contribution in [-0.4, -0.2) is 23.6 Å². The van der Waals surface area contributed by atoms with Gasteiger partial charge in [-0.15, -0.1) is 0 Å². The van der Waals surface area contributed by atoms with E-state index in [-0.39, 0.29) is 0 Å². The Bertz CT molecular complexity index is 392. The third-order valence-electron chi connectivity index (χ3n) is 3.23. The van der Waals surface area contributed by atoms with Crippen molar-refractivity contribution in [2.75, 3.05) is 19.0 Å². The molecule has 0 bridgehead atoms. The van der Waals surface area contributed by atoms with Gasteiger partial charge >= 0.3 is 0 Å². The molecule has 92 valence electrons. The van der Waals surface area contributed by atoms with Gasteiger partial charge in [-0.25, -0.2) is 0 Å². The third-order valence-corrected chi connectivity index (χ3v) is 3.23. The number of ether oxygens (including phenoxy) is 1. The Morgan fingerprint density at radius 1 is 1.35 bits per heavy atom. The predicted octanol–water partition coefficient (Wildman–Crippen LogP) is 2.50. The molecule has 1 aliphatic rings. The zero-order valence-corrected chi connectivity index (χ0v) is 10.4. The molecule has 17 heavy (non-hydrogen) atoms. The highest BCUT2D eigenvalue weighted by Crippen LogP contribution is 2.25. The Labute approximate surface area is 102 Å². The maximum Gasteiger partial charge on any atom is 0.234 e. The van der Waals surface area contributed by atoms with Gasteiger partial charge in [0.1, 0.15) is 5.82 Å². The first-order valence-corrected chi connectivity index (χ1v) is 6.07. The summed E-state index contributed by atoms with van der Waals surface area (Å²) in [6, 6.07) is 0. The molecule has 1 N–H and O–H groups in total. The summed E-state index contributed by atoms with van der Waals surface area (Å²) in [4.78, 5) is 8.36.